The van der Waals surface area contributed by atoms with Crippen molar-refractivity contribution in [3.63, 3.8) is 0 Å². The van der Waals surface area contributed by atoms with E-state index in [2.05, 4.69) is 15.9 Å². The summed E-state index contributed by atoms with van der Waals surface area (Å²) in [5.74, 6) is -0.353. The van der Waals surface area contributed by atoms with Gasteiger partial charge in [0.1, 0.15) is 11.8 Å². The van der Waals surface area contributed by atoms with Crippen molar-refractivity contribution in [1.82, 2.24) is 0 Å². The van der Waals surface area contributed by atoms with E-state index in [-0.39, 0.29) is 6.42 Å². The van der Waals surface area contributed by atoms with Crippen LogP contribution in [-0.4, -0.2) is 24.5 Å². The Morgan fingerprint density at radius 1 is 1.23 bits per heavy atom. The molecule has 0 fully saturated rings. The number of ether oxygens (including phenoxy) is 1. The molecule has 0 aromatic heterocycles. The largest absolute Gasteiger partial charge is 0.492 e. The fraction of sp³-hybridized carbons (Fsp3) is 0.222. The van der Waals surface area contributed by atoms with Gasteiger partial charge in [0, 0.05) is 0 Å². The van der Waals surface area contributed by atoms with Crippen molar-refractivity contribution in [1.29, 1.82) is 0 Å². The molecule has 0 saturated carbocycles. The van der Waals surface area contributed by atoms with E-state index in [9.17, 15) is 14.5 Å². The summed E-state index contributed by atoms with van der Waals surface area (Å²) in [5.41, 5.74) is 1.44. The van der Waals surface area contributed by atoms with Crippen molar-refractivity contribution in [3.8, 4) is 5.75 Å². The van der Waals surface area contributed by atoms with Crippen LogP contribution in [0.1, 0.15) is 13.3 Å². The minimum absolute atomic E-state index is 0.230. The van der Waals surface area contributed by atoms with Gasteiger partial charge in [-0.3, -0.25) is 9.59 Å². The lowest BCUT2D eigenvalue weighted by atomic mass is 10.1. The Morgan fingerprint density at radius 3 is 2.73 bits per heavy atom. The summed E-state index contributed by atoms with van der Waals surface area (Å²) in [6.07, 6.45) is -0.230. The van der Waals surface area contributed by atoms with Gasteiger partial charge in [-0.1, -0.05) is 24.3 Å². The maximum Gasteiger partial charge on any atom is 0.249 e. The molecule has 0 radical (unpaired) electrons. The van der Waals surface area contributed by atoms with Gasteiger partial charge in [-0.2, -0.15) is 0 Å². The lowest BCUT2D eigenvalue weighted by Gasteiger charge is -2.31. The molecule has 0 unspecified atom stereocenters. The number of carbonyl (C=O) groups excluding carboxylic acids is 2. The van der Waals surface area contributed by atoms with Crippen molar-refractivity contribution in [2.75, 3.05) is 22.2 Å². The van der Waals surface area contributed by atoms with Crippen molar-refractivity contribution in [2.24, 2.45) is 5.29 Å². The number of fused-ring (bicyclic) bond motifs is 1. The lowest BCUT2D eigenvalue weighted by Crippen LogP contribution is -2.47. The molecule has 0 aliphatic carbocycles. The summed E-state index contributed by atoms with van der Waals surface area (Å²) < 4.78 is 5.46. The highest BCUT2D eigenvalue weighted by Gasteiger charge is 2.35. The maximum absolute atomic E-state index is 12.4. The molecule has 0 saturated heterocycles. The highest BCUT2D eigenvalue weighted by Crippen LogP contribution is 2.33. The molecule has 1 aliphatic rings. The summed E-state index contributed by atoms with van der Waals surface area (Å²) in [4.78, 5) is 36.1. The molecule has 1 aliphatic heterocycles. The van der Waals surface area contributed by atoms with Crippen LogP contribution in [0.2, 0.25) is 0 Å². The van der Waals surface area contributed by atoms with Crippen LogP contribution >= 0.6 is 0 Å². The fourth-order valence-corrected chi connectivity index (χ4v) is 2.78. The second-order valence-corrected chi connectivity index (χ2v) is 5.63. The fourth-order valence-electron chi connectivity index (χ4n) is 2.78. The average molecular weight is 354 g/mol. The van der Waals surface area contributed by atoms with Crippen LogP contribution in [0.25, 0.3) is 0 Å². The Hall–Kier alpha value is -3.42. The summed E-state index contributed by atoms with van der Waals surface area (Å²) in [5, 5.41) is 9.38. The molecule has 2 N–H and O–H groups in total. The van der Waals surface area contributed by atoms with Gasteiger partial charge in [-0.05, 0) is 31.2 Å². The number of anilines is 3. The van der Waals surface area contributed by atoms with Gasteiger partial charge in [0.05, 0.1) is 35.4 Å². The van der Waals surface area contributed by atoms with Crippen LogP contribution in [0, 0.1) is 4.91 Å². The van der Waals surface area contributed by atoms with Gasteiger partial charge < -0.3 is 15.4 Å². The van der Waals surface area contributed by atoms with Crippen LogP contribution in [0.15, 0.2) is 53.8 Å². The summed E-state index contributed by atoms with van der Waals surface area (Å²) in [6.45, 7) is 2.30. The molecule has 1 atom stereocenters. The minimum atomic E-state index is -1.03. The third kappa shape index (κ3) is 3.49. The van der Waals surface area contributed by atoms with Gasteiger partial charge in [0.2, 0.25) is 11.8 Å². The topological polar surface area (TPSA) is 100 Å². The predicted octanol–water partition coefficient (Wildman–Crippen LogP) is 2.92. The van der Waals surface area contributed by atoms with E-state index in [1.807, 2.05) is 6.92 Å². The second-order valence-electron chi connectivity index (χ2n) is 5.63. The molecule has 2 amide bonds. The van der Waals surface area contributed by atoms with Crippen molar-refractivity contribution in [2.45, 2.75) is 19.4 Å². The second kappa shape index (κ2) is 7.64. The Labute approximate surface area is 150 Å². The molecular formula is C18H18N4O4. The molecular weight excluding hydrogens is 336 g/mol. The molecule has 0 bridgehead atoms. The number of carbonyl (C=O) groups is 2. The highest BCUT2D eigenvalue weighted by molar-refractivity contribution is 6.06. The Kier molecular flexibility index (Phi) is 5.12. The molecule has 3 rings (SSSR count). The number of benzene rings is 2. The number of hydrogen-bond donors (Lipinski definition) is 2. The van der Waals surface area contributed by atoms with Crippen LogP contribution in [0.5, 0.6) is 5.75 Å². The number of amides is 2. The number of nitrogens with one attached hydrogen (secondary N) is 2. The zero-order chi connectivity index (χ0) is 18.5. The van der Waals surface area contributed by atoms with E-state index >= 15 is 0 Å². The number of nitrogens with zero attached hydrogens (tertiary/aromatic N) is 2. The smallest absolute Gasteiger partial charge is 0.249 e. The molecule has 8 heteroatoms. The van der Waals surface area contributed by atoms with E-state index in [1.54, 1.807) is 48.5 Å². The first-order valence-corrected chi connectivity index (χ1v) is 8.18. The lowest BCUT2D eigenvalue weighted by molar-refractivity contribution is -0.122. The maximum atomic E-state index is 12.4. The molecule has 2 aromatic carbocycles. The third-order valence-electron chi connectivity index (χ3n) is 3.93. The molecule has 26 heavy (non-hydrogen) atoms. The zero-order valence-electron chi connectivity index (χ0n) is 14.1. The zero-order valence-corrected chi connectivity index (χ0v) is 14.1. The quantitative estimate of drug-likeness (QED) is 0.777. The van der Waals surface area contributed by atoms with Crippen molar-refractivity contribution < 1.29 is 14.3 Å². The van der Waals surface area contributed by atoms with Gasteiger partial charge in [-0.25, -0.2) is 5.01 Å². The Morgan fingerprint density at radius 2 is 1.96 bits per heavy atom. The molecule has 8 nitrogen and oxygen atoms in total. The Bertz CT molecular complexity index is 839. The van der Waals surface area contributed by atoms with E-state index < -0.39 is 17.9 Å². The van der Waals surface area contributed by atoms with E-state index in [1.165, 1.54) is 0 Å². The first-order chi connectivity index (χ1) is 12.6. The highest BCUT2D eigenvalue weighted by atomic mass is 16.5. The Balaban J connectivity index is 1.77. The van der Waals surface area contributed by atoms with Crippen LogP contribution in [-0.2, 0) is 9.59 Å². The van der Waals surface area contributed by atoms with Gasteiger partial charge in [0.25, 0.3) is 0 Å². The number of nitroso groups, excluding NO2 is 1. The molecule has 0 spiro atoms. The van der Waals surface area contributed by atoms with Crippen LogP contribution in [0.3, 0.4) is 0 Å². The predicted molar refractivity (Wildman–Crippen MR) is 98.0 cm³/mol. The standard InChI is InChI=1S/C18H18N4O4/c1-2-26-16-10-6-4-8-13(16)19-17(23)11-15-18(24)20-12-7-3-5-9-14(12)22(15)21-25/h3-10,15H,2,11H2,1H3,(H,19,23)(H,20,24)/t15-/m1/s1. The van der Waals surface area contributed by atoms with Crippen molar-refractivity contribution in [3.05, 3.63) is 53.4 Å². The number of para-hydroxylation sites is 4. The normalized spacial score (nSPS) is 15.7. The van der Waals surface area contributed by atoms with Gasteiger partial charge >= 0.3 is 0 Å². The molecule has 1 heterocycles. The number of rotatable bonds is 6. The third-order valence-corrected chi connectivity index (χ3v) is 3.93. The molecule has 2 aromatic rings. The first kappa shape index (κ1) is 17.4. The summed E-state index contributed by atoms with van der Waals surface area (Å²) in [7, 11) is 0. The van der Waals surface area contributed by atoms with Crippen LogP contribution < -0.4 is 20.4 Å². The summed E-state index contributed by atoms with van der Waals surface area (Å²) >= 11 is 0. The van der Waals surface area contributed by atoms with Gasteiger partial charge in [0.15, 0.2) is 0 Å². The van der Waals surface area contributed by atoms with E-state index in [0.29, 0.717) is 29.4 Å². The van der Waals surface area contributed by atoms with Crippen molar-refractivity contribution >= 4 is 28.9 Å². The van der Waals surface area contributed by atoms with E-state index in [4.69, 9.17) is 4.74 Å². The average Bonchev–Trinajstić information content (AvgIpc) is 2.64. The molecule has 134 valence electrons. The monoisotopic (exact) mass is 354 g/mol. The van der Waals surface area contributed by atoms with E-state index in [0.717, 1.165) is 5.01 Å². The minimum Gasteiger partial charge on any atom is -0.492 e. The SMILES string of the molecule is CCOc1ccccc1NC(=O)C[C@@H]1C(=O)Nc2ccccc2N1N=O. The first-order valence-electron chi connectivity index (χ1n) is 8.18. The summed E-state index contributed by atoms with van der Waals surface area (Å²) in [6, 6.07) is 12.8. The van der Waals surface area contributed by atoms with Crippen LogP contribution in [0.4, 0.5) is 17.1 Å². The van der Waals surface area contributed by atoms with Gasteiger partial charge in [-0.15, -0.1) is 4.91 Å². The number of hydrogen-bond acceptors (Lipinski definition) is 5.